The van der Waals surface area contributed by atoms with Crippen molar-refractivity contribution in [2.75, 3.05) is 5.32 Å². The van der Waals surface area contributed by atoms with E-state index in [9.17, 15) is 4.79 Å². The van der Waals surface area contributed by atoms with Gasteiger partial charge >= 0.3 is 0 Å². The van der Waals surface area contributed by atoms with Crippen LogP contribution in [0.3, 0.4) is 0 Å². The lowest BCUT2D eigenvalue weighted by molar-refractivity contribution is 0.102. The number of benzene rings is 1. The minimum atomic E-state index is -0.293. The first-order chi connectivity index (χ1) is 11.9. The second-order valence-corrected chi connectivity index (χ2v) is 6.84. The fraction of sp³-hybridized carbons (Fsp3) is 0.312. The van der Waals surface area contributed by atoms with Crippen LogP contribution >= 0.6 is 15.9 Å². The van der Waals surface area contributed by atoms with Crippen molar-refractivity contribution in [3.05, 3.63) is 45.4 Å². The average Bonchev–Trinajstić information content (AvgIpc) is 3.15. The number of nitrogens with one attached hydrogen (secondary N) is 2. The summed E-state index contributed by atoms with van der Waals surface area (Å²) in [4.78, 5) is 12.5. The van der Waals surface area contributed by atoms with E-state index in [4.69, 9.17) is 0 Å². The Kier molecular flexibility index (Phi) is 4.67. The quantitative estimate of drug-likeness (QED) is 0.696. The first kappa shape index (κ1) is 17.3. The molecule has 0 saturated heterocycles. The topological polar surface area (TPSA) is 101 Å². The molecule has 0 unspecified atom stereocenters. The van der Waals surface area contributed by atoms with Gasteiger partial charge in [0.15, 0.2) is 11.5 Å². The molecule has 0 fully saturated rings. The molecule has 1 aromatic carbocycles. The van der Waals surface area contributed by atoms with Crippen molar-refractivity contribution < 1.29 is 4.79 Å². The molecule has 8 nitrogen and oxygen atoms in total. The van der Waals surface area contributed by atoms with Crippen LogP contribution in [-0.2, 0) is 0 Å². The largest absolute Gasteiger partial charge is 0.320 e. The number of hydrogen-bond acceptors (Lipinski definition) is 5. The summed E-state index contributed by atoms with van der Waals surface area (Å²) in [5.41, 5.74) is 3.66. The molecule has 130 valence electrons. The molecule has 0 aliphatic carbocycles. The fourth-order valence-electron chi connectivity index (χ4n) is 2.43. The Bertz CT molecular complexity index is 928. The number of aromatic nitrogens is 6. The van der Waals surface area contributed by atoms with E-state index in [2.05, 4.69) is 47.0 Å². The van der Waals surface area contributed by atoms with E-state index in [0.717, 1.165) is 16.9 Å². The first-order valence-electron chi connectivity index (χ1n) is 7.79. The van der Waals surface area contributed by atoms with Crippen molar-refractivity contribution in [2.45, 2.75) is 33.6 Å². The molecule has 0 saturated carbocycles. The van der Waals surface area contributed by atoms with Crippen molar-refractivity contribution in [3.63, 3.8) is 0 Å². The second kappa shape index (κ2) is 6.75. The number of nitrogens with zero attached hydrogens (tertiary/aromatic N) is 5. The van der Waals surface area contributed by atoms with Gasteiger partial charge in [0, 0.05) is 5.69 Å². The van der Waals surface area contributed by atoms with Crippen LogP contribution in [0, 0.1) is 13.8 Å². The van der Waals surface area contributed by atoms with Crippen LogP contribution in [0.5, 0.6) is 0 Å². The molecule has 0 spiro atoms. The molecule has 0 atom stereocenters. The van der Waals surface area contributed by atoms with E-state index in [-0.39, 0.29) is 11.8 Å². The molecule has 0 aliphatic rings. The number of rotatable bonds is 4. The Balaban J connectivity index is 1.89. The minimum absolute atomic E-state index is 0.234. The van der Waals surface area contributed by atoms with E-state index in [1.165, 1.54) is 0 Å². The van der Waals surface area contributed by atoms with Crippen LogP contribution in [0.2, 0.25) is 0 Å². The van der Waals surface area contributed by atoms with Crippen molar-refractivity contribution in [3.8, 4) is 5.69 Å². The van der Waals surface area contributed by atoms with Crippen LogP contribution in [0.1, 0.15) is 47.3 Å². The van der Waals surface area contributed by atoms with E-state index < -0.39 is 0 Å². The summed E-state index contributed by atoms with van der Waals surface area (Å²) in [6.07, 6.45) is 0. The van der Waals surface area contributed by atoms with Crippen molar-refractivity contribution in [1.82, 2.24) is 30.4 Å². The Morgan fingerprint density at radius 1 is 1.32 bits per heavy atom. The van der Waals surface area contributed by atoms with Crippen molar-refractivity contribution in [1.29, 1.82) is 0 Å². The number of aromatic amines is 1. The van der Waals surface area contributed by atoms with Crippen LogP contribution in [0.25, 0.3) is 5.69 Å². The zero-order chi connectivity index (χ0) is 18.1. The fourth-order valence-corrected chi connectivity index (χ4v) is 3.25. The summed E-state index contributed by atoms with van der Waals surface area (Å²) in [5.74, 6) is 0.610. The van der Waals surface area contributed by atoms with Crippen LogP contribution in [0.15, 0.2) is 22.7 Å². The molecule has 2 N–H and O–H groups in total. The maximum absolute atomic E-state index is 12.5. The summed E-state index contributed by atoms with van der Waals surface area (Å²) in [7, 11) is 0. The number of carbonyl (C=O) groups is 1. The van der Waals surface area contributed by atoms with Gasteiger partial charge in [0.2, 0.25) is 0 Å². The highest BCUT2D eigenvalue weighted by Gasteiger charge is 2.19. The van der Waals surface area contributed by atoms with Gasteiger partial charge < -0.3 is 5.32 Å². The van der Waals surface area contributed by atoms with Gasteiger partial charge in [-0.1, -0.05) is 19.9 Å². The summed E-state index contributed by atoms with van der Waals surface area (Å²) in [5, 5.41) is 21.4. The molecule has 2 heterocycles. The molecule has 0 bridgehead atoms. The third-order valence-electron chi connectivity index (χ3n) is 3.85. The standard InChI is InChI=1S/C16H18BrN7O/c1-8(2)14-13(17)15(21-20-14)16(25)18-11-6-5-9(3)12(7-11)24-10(4)19-22-23-24/h5-8H,1-4H3,(H,18,25)(H,20,21). The van der Waals surface area contributed by atoms with Crippen molar-refractivity contribution in [2.24, 2.45) is 0 Å². The maximum Gasteiger partial charge on any atom is 0.277 e. The predicted molar refractivity (Wildman–Crippen MR) is 97.0 cm³/mol. The number of aryl methyl sites for hydroxylation is 2. The summed E-state index contributed by atoms with van der Waals surface area (Å²) < 4.78 is 2.32. The van der Waals surface area contributed by atoms with Crippen LogP contribution in [-0.4, -0.2) is 36.3 Å². The van der Waals surface area contributed by atoms with Crippen LogP contribution < -0.4 is 5.32 Å². The zero-order valence-corrected chi connectivity index (χ0v) is 15.9. The van der Waals surface area contributed by atoms with E-state index >= 15 is 0 Å². The molecule has 3 rings (SSSR count). The van der Waals surface area contributed by atoms with Crippen molar-refractivity contribution >= 4 is 27.5 Å². The minimum Gasteiger partial charge on any atom is -0.320 e. The molecule has 2 aromatic heterocycles. The highest BCUT2D eigenvalue weighted by Crippen LogP contribution is 2.26. The van der Waals surface area contributed by atoms with E-state index in [1.54, 1.807) is 4.68 Å². The summed E-state index contributed by atoms with van der Waals surface area (Å²) in [6.45, 7) is 7.83. The first-order valence-corrected chi connectivity index (χ1v) is 8.59. The van der Waals surface area contributed by atoms with Crippen LogP contribution in [0.4, 0.5) is 5.69 Å². The predicted octanol–water partition coefficient (Wildman–Crippen LogP) is 3.14. The third-order valence-corrected chi connectivity index (χ3v) is 4.65. The Labute approximate surface area is 153 Å². The molecule has 1 amide bonds. The molecular formula is C16H18BrN7O. The van der Waals surface area contributed by atoms with Gasteiger partial charge in [-0.3, -0.25) is 9.89 Å². The molecule has 25 heavy (non-hydrogen) atoms. The van der Waals surface area contributed by atoms with Gasteiger partial charge in [-0.25, -0.2) is 0 Å². The number of amides is 1. The van der Waals surface area contributed by atoms with Gasteiger partial charge in [-0.05, 0) is 63.8 Å². The van der Waals surface area contributed by atoms with Gasteiger partial charge in [0.05, 0.1) is 15.9 Å². The molecule has 0 radical (unpaired) electrons. The SMILES string of the molecule is Cc1ccc(NC(=O)c2n[nH]c(C(C)C)c2Br)cc1-n1nnnc1C. The normalized spacial score (nSPS) is 11.1. The summed E-state index contributed by atoms with van der Waals surface area (Å²) >= 11 is 3.45. The lowest BCUT2D eigenvalue weighted by Gasteiger charge is -2.10. The summed E-state index contributed by atoms with van der Waals surface area (Å²) in [6, 6.07) is 5.58. The lowest BCUT2D eigenvalue weighted by atomic mass is 10.1. The Morgan fingerprint density at radius 2 is 2.08 bits per heavy atom. The van der Waals surface area contributed by atoms with Gasteiger partial charge in [0.25, 0.3) is 5.91 Å². The van der Waals surface area contributed by atoms with E-state index in [1.807, 2.05) is 45.9 Å². The van der Waals surface area contributed by atoms with E-state index in [0.29, 0.717) is 21.7 Å². The lowest BCUT2D eigenvalue weighted by Crippen LogP contribution is -2.14. The monoisotopic (exact) mass is 403 g/mol. The number of hydrogen-bond donors (Lipinski definition) is 2. The molecular weight excluding hydrogens is 386 g/mol. The average molecular weight is 404 g/mol. The Hall–Kier alpha value is -2.55. The number of carbonyl (C=O) groups excluding carboxylic acids is 1. The second-order valence-electron chi connectivity index (χ2n) is 6.05. The number of H-pyrrole nitrogens is 1. The van der Waals surface area contributed by atoms with Gasteiger partial charge in [-0.15, -0.1) is 5.10 Å². The highest BCUT2D eigenvalue weighted by atomic mass is 79.9. The zero-order valence-electron chi connectivity index (χ0n) is 14.3. The Morgan fingerprint density at radius 3 is 2.68 bits per heavy atom. The maximum atomic E-state index is 12.5. The smallest absolute Gasteiger partial charge is 0.277 e. The molecule has 9 heteroatoms. The molecule has 3 aromatic rings. The number of tetrazole rings is 1. The van der Waals surface area contributed by atoms with Gasteiger partial charge in [-0.2, -0.15) is 9.78 Å². The number of anilines is 1. The highest BCUT2D eigenvalue weighted by molar-refractivity contribution is 9.10. The van der Waals surface area contributed by atoms with Gasteiger partial charge in [0.1, 0.15) is 0 Å². The molecule has 0 aliphatic heterocycles. The third kappa shape index (κ3) is 3.32. The number of halogens is 1.